The topological polar surface area (TPSA) is 30.5 Å². The quantitative estimate of drug-likeness (QED) is 0.613. The third-order valence-corrected chi connectivity index (χ3v) is 5.57. The van der Waals surface area contributed by atoms with Crippen LogP contribution in [0.2, 0.25) is 0 Å². The van der Waals surface area contributed by atoms with Crippen molar-refractivity contribution in [2.45, 2.75) is 25.0 Å². The lowest BCUT2D eigenvalue weighted by molar-refractivity contribution is -0.0381. The van der Waals surface area contributed by atoms with Crippen molar-refractivity contribution in [1.29, 1.82) is 0 Å². The van der Waals surface area contributed by atoms with Gasteiger partial charge in [0.25, 0.3) is 0 Å². The fourth-order valence-electron chi connectivity index (χ4n) is 4.34. The van der Waals surface area contributed by atoms with Crippen molar-refractivity contribution in [3.63, 3.8) is 0 Å². The number of hydrogen-bond donors (Lipinski definition) is 1. The summed E-state index contributed by atoms with van der Waals surface area (Å²) in [7, 11) is 0. The largest absolute Gasteiger partial charge is 0.457 e. The van der Waals surface area contributed by atoms with Crippen LogP contribution in [0.25, 0.3) is 0 Å². The smallest absolute Gasteiger partial charge is 0.127 e. The number of benzene rings is 3. The first-order valence-electron chi connectivity index (χ1n) is 9.68. The molecule has 2 heterocycles. The summed E-state index contributed by atoms with van der Waals surface area (Å²) in [5, 5.41) is 3.77. The van der Waals surface area contributed by atoms with Gasteiger partial charge in [0.2, 0.25) is 0 Å². The van der Waals surface area contributed by atoms with E-state index in [0.717, 1.165) is 24.5 Å². The van der Waals surface area contributed by atoms with Crippen molar-refractivity contribution in [2.24, 2.45) is 5.92 Å². The van der Waals surface area contributed by atoms with E-state index in [4.69, 9.17) is 9.47 Å². The molecule has 1 N–H and O–H groups in total. The van der Waals surface area contributed by atoms with Crippen LogP contribution in [0.3, 0.4) is 0 Å². The normalized spacial score (nSPS) is 23.6. The lowest BCUT2D eigenvalue weighted by Gasteiger charge is -2.43. The second-order valence-corrected chi connectivity index (χ2v) is 7.29. The van der Waals surface area contributed by atoms with Crippen LogP contribution in [0.1, 0.15) is 36.1 Å². The Morgan fingerprint density at radius 3 is 2.59 bits per heavy atom. The lowest BCUT2D eigenvalue weighted by atomic mass is 9.77. The van der Waals surface area contributed by atoms with Gasteiger partial charge in [-0.1, -0.05) is 48.5 Å². The lowest BCUT2D eigenvalue weighted by Crippen LogP contribution is -2.35. The van der Waals surface area contributed by atoms with E-state index in [9.17, 15) is 0 Å². The maximum absolute atomic E-state index is 6.21. The van der Waals surface area contributed by atoms with Crippen molar-refractivity contribution in [3.8, 4) is 11.5 Å². The molecule has 136 valence electrons. The number of rotatable bonds is 3. The average molecular weight is 357 g/mol. The molecule has 2 aliphatic rings. The number of nitrogens with one attached hydrogen (secondary N) is 1. The van der Waals surface area contributed by atoms with E-state index in [0.29, 0.717) is 5.92 Å². The molecule has 0 aromatic heterocycles. The first-order chi connectivity index (χ1) is 13.4. The summed E-state index contributed by atoms with van der Waals surface area (Å²) < 4.78 is 12.3. The monoisotopic (exact) mass is 357 g/mol. The number of hydrogen-bond acceptors (Lipinski definition) is 3. The molecule has 3 heteroatoms. The minimum absolute atomic E-state index is 0.167. The molecule has 3 nitrogen and oxygen atoms in total. The van der Waals surface area contributed by atoms with Gasteiger partial charge in [0, 0.05) is 23.8 Å². The molecule has 0 radical (unpaired) electrons. The van der Waals surface area contributed by atoms with Crippen LogP contribution in [0.5, 0.6) is 11.5 Å². The molecular formula is C24H23NO2. The zero-order valence-electron chi connectivity index (χ0n) is 15.2. The first kappa shape index (κ1) is 16.4. The molecule has 0 saturated carbocycles. The molecule has 27 heavy (non-hydrogen) atoms. The minimum atomic E-state index is 0.167. The highest BCUT2D eigenvalue weighted by molar-refractivity contribution is 5.57. The highest BCUT2D eigenvalue weighted by Gasteiger charge is 2.39. The summed E-state index contributed by atoms with van der Waals surface area (Å²) in [6.45, 7) is 0.847. The fraction of sp³-hybridized carbons (Fsp3) is 0.250. The van der Waals surface area contributed by atoms with Crippen LogP contribution in [-0.2, 0) is 4.74 Å². The highest BCUT2D eigenvalue weighted by Crippen LogP contribution is 2.49. The summed E-state index contributed by atoms with van der Waals surface area (Å²) in [4.78, 5) is 0. The Balaban J connectivity index is 1.48. The SMILES string of the molecule is c1ccc(Oc2cccc([C@@H]3Nc4ccccc4[C@H]4OCCC[C@H]43)c2)cc1. The van der Waals surface area contributed by atoms with E-state index in [1.54, 1.807) is 0 Å². The Morgan fingerprint density at radius 2 is 1.67 bits per heavy atom. The van der Waals surface area contributed by atoms with Crippen LogP contribution in [-0.4, -0.2) is 6.61 Å². The Bertz CT molecular complexity index is 924. The molecule has 2 aliphatic heterocycles. The molecule has 3 aromatic rings. The van der Waals surface area contributed by atoms with E-state index < -0.39 is 0 Å². The Hall–Kier alpha value is -2.78. The second kappa shape index (κ2) is 7.09. The zero-order valence-corrected chi connectivity index (χ0v) is 15.2. The van der Waals surface area contributed by atoms with Crippen molar-refractivity contribution < 1.29 is 9.47 Å². The Morgan fingerprint density at radius 1 is 0.852 bits per heavy atom. The van der Waals surface area contributed by atoms with Gasteiger partial charge in [-0.05, 0) is 48.7 Å². The molecule has 5 rings (SSSR count). The maximum atomic E-state index is 6.21. The molecular weight excluding hydrogens is 334 g/mol. The van der Waals surface area contributed by atoms with Gasteiger partial charge in [-0.25, -0.2) is 0 Å². The third kappa shape index (κ3) is 3.19. The van der Waals surface area contributed by atoms with Crippen molar-refractivity contribution >= 4 is 5.69 Å². The van der Waals surface area contributed by atoms with Gasteiger partial charge in [-0.2, -0.15) is 0 Å². The van der Waals surface area contributed by atoms with E-state index in [2.05, 4.69) is 47.8 Å². The van der Waals surface area contributed by atoms with Gasteiger partial charge in [0.05, 0.1) is 12.1 Å². The molecule has 3 aromatic carbocycles. The van der Waals surface area contributed by atoms with E-state index in [-0.39, 0.29) is 12.1 Å². The Labute approximate surface area is 160 Å². The molecule has 3 atom stereocenters. The zero-order chi connectivity index (χ0) is 18.1. The molecule has 1 saturated heterocycles. The number of fused-ring (bicyclic) bond motifs is 3. The van der Waals surface area contributed by atoms with E-state index in [1.165, 1.54) is 23.2 Å². The summed E-state index contributed by atoms with van der Waals surface area (Å²) in [6.07, 6.45) is 2.45. The van der Waals surface area contributed by atoms with Crippen LogP contribution in [0, 0.1) is 5.92 Å². The molecule has 0 unspecified atom stereocenters. The molecule has 0 spiro atoms. The van der Waals surface area contributed by atoms with Crippen LogP contribution < -0.4 is 10.1 Å². The van der Waals surface area contributed by atoms with Crippen LogP contribution in [0.4, 0.5) is 5.69 Å². The van der Waals surface area contributed by atoms with E-state index >= 15 is 0 Å². The standard InChI is InChI=1S/C24H23NO2/c1-2-9-18(10-3-1)27-19-11-6-8-17(16-19)23-21-13-7-15-26-24(21)20-12-4-5-14-22(20)25-23/h1-6,8-12,14,16,21,23-25H,7,13,15H2/t21-,23-,24+/m0/s1. The van der Waals surface area contributed by atoms with Crippen LogP contribution >= 0.6 is 0 Å². The van der Waals surface area contributed by atoms with E-state index in [1.807, 2.05) is 36.4 Å². The molecule has 0 aliphatic carbocycles. The van der Waals surface area contributed by atoms with Crippen molar-refractivity contribution in [2.75, 3.05) is 11.9 Å². The maximum Gasteiger partial charge on any atom is 0.127 e. The molecule has 0 bridgehead atoms. The predicted octanol–water partition coefficient (Wildman–Crippen LogP) is 6.11. The summed E-state index contributed by atoms with van der Waals surface area (Å²) in [6, 6.07) is 27.1. The molecule has 1 fully saturated rings. The number of para-hydroxylation sites is 2. The number of ether oxygens (including phenoxy) is 2. The van der Waals surface area contributed by atoms with Gasteiger partial charge < -0.3 is 14.8 Å². The Kier molecular flexibility index (Phi) is 4.30. The summed E-state index contributed by atoms with van der Waals surface area (Å²) >= 11 is 0. The summed E-state index contributed by atoms with van der Waals surface area (Å²) in [5.74, 6) is 2.16. The first-order valence-corrected chi connectivity index (χ1v) is 9.68. The van der Waals surface area contributed by atoms with Crippen molar-refractivity contribution in [1.82, 2.24) is 0 Å². The summed E-state index contributed by atoms with van der Waals surface area (Å²) in [5.41, 5.74) is 3.72. The van der Waals surface area contributed by atoms with Gasteiger partial charge >= 0.3 is 0 Å². The van der Waals surface area contributed by atoms with Gasteiger partial charge in [0.15, 0.2) is 0 Å². The fourth-order valence-corrected chi connectivity index (χ4v) is 4.34. The average Bonchev–Trinajstić information content (AvgIpc) is 2.74. The molecule has 0 amide bonds. The van der Waals surface area contributed by atoms with Gasteiger partial charge in [0.1, 0.15) is 11.5 Å². The third-order valence-electron chi connectivity index (χ3n) is 5.57. The van der Waals surface area contributed by atoms with Gasteiger partial charge in [-0.3, -0.25) is 0 Å². The van der Waals surface area contributed by atoms with Crippen molar-refractivity contribution in [3.05, 3.63) is 90.0 Å². The van der Waals surface area contributed by atoms with Crippen LogP contribution in [0.15, 0.2) is 78.9 Å². The highest BCUT2D eigenvalue weighted by atomic mass is 16.5. The minimum Gasteiger partial charge on any atom is -0.457 e. The second-order valence-electron chi connectivity index (χ2n) is 7.29. The predicted molar refractivity (Wildman–Crippen MR) is 107 cm³/mol. The van der Waals surface area contributed by atoms with Gasteiger partial charge in [-0.15, -0.1) is 0 Å². The number of anilines is 1.